The van der Waals surface area contributed by atoms with Crippen LogP contribution in [0.4, 0.5) is 0 Å². The second-order valence-electron chi connectivity index (χ2n) is 8.54. The van der Waals surface area contributed by atoms with Gasteiger partial charge in [-0.2, -0.15) is 0 Å². The van der Waals surface area contributed by atoms with Crippen LogP contribution in [0.5, 0.6) is 23.0 Å². The van der Waals surface area contributed by atoms with Crippen LogP contribution in [0.15, 0.2) is 115 Å². The van der Waals surface area contributed by atoms with Gasteiger partial charge in [0, 0.05) is 35.4 Å². The number of fused-ring (bicyclic) bond motifs is 2. The van der Waals surface area contributed by atoms with Crippen LogP contribution in [0.2, 0.25) is 0 Å². The number of hydrogen-bond donors (Lipinski definition) is 3. The van der Waals surface area contributed by atoms with Crippen molar-refractivity contribution in [2.24, 2.45) is 0 Å². The van der Waals surface area contributed by atoms with Gasteiger partial charge in [-0.25, -0.2) is 0 Å². The third kappa shape index (κ3) is 5.17. The van der Waals surface area contributed by atoms with Crippen molar-refractivity contribution in [1.82, 2.24) is 0 Å². The van der Waals surface area contributed by atoms with Crippen LogP contribution >= 0.6 is 0 Å². The van der Waals surface area contributed by atoms with E-state index in [0.29, 0.717) is 28.0 Å². The molecule has 8 nitrogen and oxygen atoms in total. The SMILES string of the molecule is COc1ccc(-c2cc(=O)c3c(O)cc(O)cc3o2)cc1O.O=c1cc(-c2ccccc2)oc2ccccc12. The molecule has 2 aromatic heterocycles. The van der Waals surface area contributed by atoms with Gasteiger partial charge in [0.1, 0.15) is 39.6 Å². The van der Waals surface area contributed by atoms with Crippen LogP contribution in [0.1, 0.15) is 0 Å². The molecule has 2 heterocycles. The quantitative estimate of drug-likeness (QED) is 0.256. The minimum Gasteiger partial charge on any atom is -0.508 e. The zero-order valence-electron chi connectivity index (χ0n) is 20.6. The van der Waals surface area contributed by atoms with Crippen molar-refractivity contribution in [3.05, 3.63) is 118 Å². The number of ether oxygens (including phenoxy) is 1. The summed E-state index contributed by atoms with van der Waals surface area (Å²) in [6, 6.07) is 26.5. The maximum atomic E-state index is 12.1. The molecule has 0 unspecified atom stereocenters. The molecule has 4 aromatic carbocycles. The molecule has 6 aromatic rings. The monoisotopic (exact) mass is 522 g/mol. The van der Waals surface area contributed by atoms with E-state index in [1.807, 2.05) is 48.5 Å². The van der Waals surface area contributed by atoms with Gasteiger partial charge in [-0.1, -0.05) is 42.5 Å². The van der Waals surface area contributed by atoms with E-state index in [0.717, 1.165) is 11.6 Å². The lowest BCUT2D eigenvalue weighted by Gasteiger charge is -2.07. The Balaban J connectivity index is 0.000000163. The number of hydrogen-bond acceptors (Lipinski definition) is 8. The Morgan fingerprint density at radius 3 is 2.03 bits per heavy atom. The number of rotatable bonds is 3. The third-order valence-corrected chi connectivity index (χ3v) is 5.95. The number of aromatic hydroxyl groups is 3. The van der Waals surface area contributed by atoms with Crippen molar-refractivity contribution in [2.45, 2.75) is 0 Å². The van der Waals surface area contributed by atoms with E-state index >= 15 is 0 Å². The van der Waals surface area contributed by atoms with Crippen LogP contribution in [0, 0.1) is 0 Å². The van der Waals surface area contributed by atoms with Crippen molar-refractivity contribution < 1.29 is 28.9 Å². The number of methoxy groups -OCH3 is 1. The normalized spacial score (nSPS) is 10.7. The number of para-hydroxylation sites is 1. The van der Waals surface area contributed by atoms with Crippen molar-refractivity contribution in [3.8, 4) is 45.6 Å². The van der Waals surface area contributed by atoms with Gasteiger partial charge in [0.25, 0.3) is 0 Å². The Morgan fingerprint density at radius 1 is 0.615 bits per heavy atom. The Hall–Kier alpha value is -5.50. The van der Waals surface area contributed by atoms with E-state index in [1.165, 1.54) is 37.4 Å². The molecule has 0 radical (unpaired) electrons. The van der Waals surface area contributed by atoms with Gasteiger partial charge >= 0.3 is 0 Å². The highest BCUT2D eigenvalue weighted by Crippen LogP contribution is 2.34. The summed E-state index contributed by atoms with van der Waals surface area (Å²) in [6.45, 7) is 0. The van der Waals surface area contributed by atoms with E-state index in [-0.39, 0.29) is 39.4 Å². The summed E-state index contributed by atoms with van der Waals surface area (Å²) in [5.74, 6) is 0.425. The van der Waals surface area contributed by atoms with Crippen LogP contribution in [-0.4, -0.2) is 22.4 Å². The predicted molar refractivity (Wildman–Crippen MR) is 147 cm³/mol. The van der Waals surface area contributed by atoms with Crippen molar-refractivity contribution in [3.63, 3.8) is 0 Å². The molecular weight excluding hydrogens is 500 g/mol. The molecule has 0 amide bonds. The molecule has 6 rings (SSSR count). The molecule has 39 heavy (non-hydrogen) atoms. The van der Waals surface area contributed by atoms with Crippen molar-refractivity contribution in [1.29, 1.82) is 0 Å². The molecule has 0 saturated carbocycles. The molecule has 0 atom stereocenters. The Bertz CT molecular complexity index is 1920. The second-order valence-corrected chi connectivity index (χ2v) is 8.54. The Kier molecular flexibility index (Phi) is 6.75. The van der Waals surface area contributed by atoms with Gasteiger partial charge in [0.2, 0.25) is 0 Å². The first-order valence-electron chi connectivity index (χ1n) is 11.8. The first kappa shape index (κ1) is 25.2. The molecular formula is C31H22O8. The van der Waals surface area contributed by atoms with Gasteiger partial charge in [-0.05, 0) is 30.3 Å². The predicted octanol–water partition coefficient (Wildman–Crippen LogP) is 6.05. The second kappa shape index (κ2) is 10.5. The molecule has 194 valence electrons. The summed E-state index contributed by atoms with van der Waals surface area (Å²) < 4.78 is 16.2. The smallest absolute Gasteiger partial charge is 0.197 e. The number of phenols is 3. The summed E-state index contributed by atoms with van der Waals surface area (Å²) in [7, 11) is 1.43. The molecule has 0 aliphatic rings. The zero-order valence-corrected chi connectivity index (χ0v) is 20.6. The molecule has 0 fully saturated rings. The van der Waals surface area contributed by atoms with E-state index in [9.17, 15) is 24.9 Å². The molecule has 3 N–H and O–H groups in total. The standard InChI is InChI=1S/C16H12O6.C15H10O2/c1-21-13-3-2-8(4-10(13)18)14-7-12(20)16-11(19)5-9(17)6-15(16)22-14;16-13-10-15(11-6-2-1-3-7-11)17-14-9-5-4-8-12(13)14/h2-7,17-19H,1H3;1-10H. The van der Waals surface area contributed by atoms with Gasteiger partial charge in [-0.3, -0.25) is 9.59 Å². The van der Waals surface area contributed by atoms with Gasteiger partial charge in [-0.15, -0.1) is 0 Å². The Labute approximate surface area is 221 Å². The third-order valence-electron chi connectivity index (χ3n) is 5.95. The maximum Gasteiger partial charge on any atom is 0.197 e. The Morgan fingerprint density at radius 2 is 1.28 bits per heavy atom. The van der Waals surface area contributed by atoms with E-state index < -0.39 is 5.43 Å². The van der Waals surface area contributed by atoms with Gasteiger partial charge < -0.3 is 28.9 Å². The lowest BCUT2D eigenvalue weighted by atomic mass is 10.1. The van der Waals surface area contributed by atoms with E-state index in [4.69, 9.17) is 13.6 Å². The summed E-state index contributed by atoms with van der Waals surface area (Å²) in [4.78, 5) is 24.0. The van der Waals surface area contributed by atoms with Crippen LogP contribution in [0.25, 0.3) is 44.6 Å². The van der Waals surface area contributed by atoms with Gasteiger partial charge in [0.15, 0.2) is 22.4 Å². The minimum absolute atomic E-state index is 0.00861. The van der Waals surface area contributed by atoms with Crippen LogP contribution < -0.4 is 15.6 Å². The zero-order chi connectivity index (χ0) is 27.5. The summed E-state index contributed by atoms with van der Waals surface area (Å²) in [6.07, 6.45) is 0. The van der Waals surface area contributed by atoms with E-state index in [1.54, 1.807) is 12.1 Å². The first-order chi connectivity index (χ1) is 18.8. The first-order valence-corrected chi connectivity index (χ1v) is 11.8. The largest absolute Gasteiger partial charge is 0.508 e. The highest BCUT2D eigenvalue weighted by atomic mass is 16.5. The van der Waals surface area contributed by atoms with Crippen LogP contribution in [-0.2, 0) is 0 Å². The number of benzene rings is 4. The fourth-order valence-electron chi connectivity index (χ4n) is 4.09. The molecule has 0 aliphatic heterocycles. The average Bonchev–Trinajstić information content (AvgIpc) is 2.93. The van der Waals surface area contributed by atoms with Crippen molar-refractivity contribution in [2.75, 3.05) is 7.11 Å². The molecule has 0 spiro atoms. The average molecular weight is 523 g/mol. The summed E-state index contributed by atoms with van der Waals surface area (Å²) in [5, 5.41) is 29.6. The lowest BCUT2D eigenvalue weighted by Crippen LogP contribution is -2.00. The molecule has 8 heteroatoms. The fourth-order valence-corrected chi connectivity index (χ4v) is 4.09. The lowest BCUT2D eigenvalue weighted by molar-refractivity contribution is 0.373. The van der Waals surface area contributed by atoms with E-state index in [2.05, 4.69) is 0 Å². The molecule has 0 saturated heterocycles. The number of phenolic OH excluding ortho intramolecular Hbond substituents is 3. The molecule has 0 aliphatic carbocycles. The highest BCUT2D eigenvalue weighted by molar-refractivity contribution is 5.86. The molecule has 0 bridgehead atoms. The fraction of sp³-hybridized carbons (Fsp3) is 0.0323. The summed E-state index contributed by atoms with van der Waals surface area (Å²) in [5.41, 5.74) is 1.58. The van der Waals surface area contributed by atoms with Crippen molar-refractivity contribution >= 4 is 21.9 Å². The maximum absolute atomic E-state index is 12.1. The van der Waals surface area contributed by atoms with Gasteiger partial charge in [0.05, 0.1) is 12.5 Å². The van der Waals surface area contributed by atoms with Crippen LogP contribution in [0.3, 0.4) is 0 Å². The topological polar surface area (TPSA) is 130 Å². The minimum atomic E-state index is -0.455. The summed E-state index contributed by atoms with van der Waals surface area (Å²) >= 11 is 0. The highest BCUT2D eigenvalue weighted by Gasteiger charge is 2.13.